The Balaban J connectivity index is 0.931. The third-order valence-electron chi connectivity index (χ3n) is 7.56. The highest BCUT2D eigenvalue weighted by molar-refractivity contribution is 6.05. The van der Waals surface area contributed by atoms with E-state index in [1.54, 1.807) is 9.80 Å². The van der Waals surface area contributed by atoms with Gasteiger partial charge in [-0.2, -0.15) is 0 Å². The molecule has 2 aromatic rings. The minimum Gasteiger partial charge on any atom is -0.463 e. The van der Waals surface area contributed by atoms with Crippen LogP contribution in [0.4, 0.5) is 15.3 Å². The van der Waals surface area contributed by atoms with E-state index in [1.165, 1.54) is 0 Å². The monoisotopic (exact) mass is 589 g/mol. The number of carbonyl (C=O) groups is 3. The van der Waals surface area contributed by atoms with Gasteiger partial charge in [-0.3, -0.25) is 15.0 Å². The van der Waals surface area contributed by atoms with E-state index < -0.39 is 11.8 Å². The quantitative estimate of drug-likeness (QED) is 0.280. The summed E-state index contributed by atoms with van der Waals surface area (Å²) in [6, 6.07) is 12.9. The van der Waals surface area contributed by atoms with E-state index in [4.69, 9.17) is 18.9 Å². The number of amides is 4. The van der Waals surface area contributed by atoms with Crippen LogP contribution in [0.5, 0.6) is 5.75 Å². The summed E-state index contributed by atoms with van der Waals surface area (Å²) in [5, 5.41) is 2.33. The molecule has 0 radical (unpaired) electrons. The normalized spacial score (nSPS) is 19.2. The van der Waals surface area contributed by atoms with E-state index in [9.17, 15) is 14.4 Å². The smallest absolute Gasteiger partial charge is 0.410 e. The fourth-order valence-electron chi connectivity index (χ4n) is 5.23. The van der Waals surface area contributed by atoms with E-state index in [1.807, 2.05) is 56.3 Å². The van der Waals surface area contributed by atoms with Crippen molar-refractivity contribution in [2.24, 2.45) is 0 Å². The number of benzene rings is 2. The van der Waals surface area contributed by atoms with Crippen LogP contribution in [0.15, 0.2) is 42.5 Å². The minimum absolute atomic E-state index is 0.251. The van der Waals surface area contributed by atoms with E-state index >= 15 is 0 Å². The molecule has 0 spiro atoms. The molecular formula is C33H39N3O7. The number of nitrogens with one attached hydrogen (secondary N) is 1. The maximum absolute atomic E-state index is 12.4. The first-order valence-corrected chi connectivity index (χ1v) is 15.0. The van der Waals surface area contributed by atoms with Gasteiger partial charge in [-0.1, -0.05) is 36.8 Å². The van der Waals surface area contributed by atoms with Crippen molar-refractivity contribution in [2.45, 2.75) is 70.9 Å². The molecule has 2 fully saturated rings. The largest absolute Gasteiger partial charge is 0.463 e. The van der Waals surface area contributed by atoms with Crippen LogP contribution in [-0.2, 0) is 25.6 Å². The van der Waals surface area contributed by atoms with Crippen molar-refractivity contribution in [1.82, 2.24) is 10.2 Å². The van der Waals surface area contributed by atoms with Crippen molar-refractivity contribution in [2.75, 3.05) is 37.7 Å². The second-order valence-electron chi connectivity index (χ2n) is 11.4. The Bertz CT molecular complexity index is 1400. The zero-order valence-corrected chi connectivity index (χ0v) is 24.9. The molecule has 2 aromatic carbocycles. The predicted molar refractivity (Wildman–Crippen MR) is 159 cm³/mol. The number of cyclic esters (lactones) is 1. The van der Waals surface area contributed by atoms with Crippen LogP contribution in [0.3, 0.4) is 0 Å². The van der Waals surface area contributed by atoms with Gasteiger partial charge in [-0.25, -0.2) is 9.59 Å². The Morgan fingerprint density at radius 3 is 2.77 bits per heavy atom. The van der Waals surface area contributed by atoms with Crippen molar-refractivity contribution in [1.29, 1.82) is 0 Å². The Hall–Kier alpha value is -4.07. The Kier molecular flexibility index (Phi) is 9.85. The van der Waals surface area contributed by atoms with Gasteiger partial charge in [-0.05, 0) is 48.7 Å². The van der Waals surface area contributed by atoms with Crippen LogP contribution in [0.25, 0.3) is 0 Å². The molecule has 10 nitrogen and oxygen atoms in total. The lowest BCUT2D eigenvalue weighted by Gasteiger charge is -2.32. The number of anilines is 1. The highest BCUT2D eigenvalue weighted by Gasteiger charge is 2.33. The summed E-state index contributed by atoms with van der Waals surface area (Å²) < 4.78 is 23.0. The second-order valence-corrected chi connectivity index (χ2v) is 11.4. The molecule has 5 rings (SSSR count). The number of hydrogen-bond donors (Lipinski definition) is 1. The zero-order valence-electron chi connectivity index (χ0n) is 24.9. The van der Waals surface area contributed by atoms with Crippen LogP contribution in [-0.4, -0.2) is 61.6 Å². The molecule has 228 valence electrons. The lowest BCUT2D eigenvalue weighted by atomic mass is 10.0. The van der Waals surface area contributed by atoms with Crippen molar-refractivity contribution in [3.63, 3.8) is 0 Å². The maximum atomic E-state index is 12.4. The first-order valence-electron chi connectivity index (χ1n) is 15.0. The molecule has 3 aliphatic rings. The molecule has 10 heteroatoms. The van der Waals surface area contributed by atoms with Gasteiger partial charge >= 0.3 is 12.1 Å². The lowest BCUT2D eigenvalue weighted by molar-refractivity contribution is -0.180. The number of hydrogen-bond acceptors (Lipinski definition) is 7. The Morgan fingerprint density at radius 1 is 1.05 bits per heavy atom. The topological polar surface area (TPSA) is 107 Å². The van der Waals surface area contributed by atoms with Gasteiger partial charge in [0.2, 0.25) is 11.7 Å². The van der Waals surface area contributed by atoms with Crippen LogP contribution >= 0.6 is 0 Å². The molecule has 1 atom stereocenters. The van der Waals surface area contributed by atoms with Crippen molar-refractivity contribution >= 4 is 23.7 Å². The van der Waals surface area contributed by atoms with Gasteiger partial charge in [0.05, 0.1) is 19.8 Å². The number of rotatable bonds is 11. The average Bonchev–Trinajstić information content (AvgIpc) is 3.35. The Labute approximate surface area is 252 Å². The molecule has 0 bridgehead atoms. The fourth-order valence-corrected chi connectivity index (χ4v) is 5.23. The van der Waals surface area contributed by atoms with Gasteiger partial charge in [0.15, 0.2) is 0 Å². The molecular weight excluding hydrogens is 550 g/mol. The van der Waals surface area contributed by atoms with E-state index in [0.717, 1.165) is 53.8 Å². The number of urea groups is 1. The summed E-state index contributed by atoms with van der Waals surface area (Å²) in [7, 11) is 0. The third-order valence-corrected chi connectivity index (χ3v) is 7.56. The van der Waals surface area contributed by atoms with Crippen molar-refractivity contribution in [3.05, 3.63) is 59.2 Å². The fraction of sp³-hybridized carbons (Fsp3) is 0.485. The number of carbonyl (C=O) groups excluding carboxylic acids is 3. The summed E-state index contributed by atoms with van der Waals surface area (Å²) in [6.07, 6.45) is 4.28. The number of ether oxygens (including phenoxy) is 4. The molecule has 4 amide bonds. The molecule has 3 aliphatic heterocycles. The van der Waals surface area contributed by atoms with Gasteiger partial charge in [-0.15, -0.1) is 0 Å². The van der Waals surface area contributed by atoms with E-state index in [0.29, 0.717) is 45.9 Å². The molecule has 3 heterocycles. The van der Waals surface area contributed by atoms with Crippen LogP contribution in [0.2, 0.25) is 0 Å². The number of fused-ring (bicyclic) bond motifs is 1. The molecule has 2 saturated heterocycles. The van der Waals surface area contributed by atoms with Gasteiger partial charge in [0, 0.05) is 63.2 Å². The first kappa shape index (κ1) is 30.4. The molecule has 1 N–H and O–H groups in total. The van der Waals surface area contributed by atoms with Gasteiger partial charge in [0.25, 0.3) is 0 Å². The summed E-state index contributed by atoms with van der Waals surface area (Å²) in [5.41, 5.74) is 3.46. The number of unbranched alkanes of at least 4 members (excludes halogenated alkanes) is 3. The van der Waals surface area contributed by atoms with Crippen molar-refractivity contribution < 1.29 is 33.3 Å². The third kappa shape index (κ3) is 8.27. The number of nitrogens with zero attached hydrogens (tertiary/aromatic N) is 2. The lowest BCUT2D eigenvalue weighted by Crippen LogP contribution is -2.49. The SMILES string of the molecule is CC1(C)OCc2cc([C@@H]3CN(CCCCCCOCCC#Cc4cccc(N5CCC(=O)NC5=O)c4)C(=O)O3)ccc2O1. The first-order chi connectivity index (χ1) is 20.8. The number of imide groups is 1. The van der Waals surface area contributed by atoms with Gasteiger partial charge in [0.1, 0.15) is 11.9 Å². The molecule has 0 aromatic heterocycles. The molecule has 0 aliphatic carbocycles. The summed E-state index contributed by atoms with van der Waals surface area (Å²) in [4.78, 5) is 39.2. The van der Waals surface area contributed by atoms with Crippen LogP contribution in [0.1, 0.15) is 75.2 Å². The highest BCUT2D eigenvalue weighted by Crippen LogP contribution is 2.35. The molecule has 43 heavy (non-hydrogen) atoms. The predicted octanol–water partition coefficient (Wildman–Crippen LogP) is 5.29. The maximum Gasteiger partial charge on any atom is 0.410 e. The molecule has 0 unspecified atom stereocenters. The van der Waals surface area contributed by atoms with Gasteiger partial charge < -0.3 is 23.8 Å². The minimum atomic E-state index is -0.637. The Morgan fingerprint density at radius 2 is 1.91 bits per heavy atom. The standard InChI is InChI=1S/C33H39N3O7/c1-33(2)41-23-26-21-25(13-14-28(26)43-33)29-22-35(32(39)42-29)16-6-3-4-7-18-40-19-8-5-10-24-11-9-12-27(20-24)36-17-15-30(37)34-31(36)38/h9,11-14,20-21,29H,3-4,6-8,15-19,22-23H2,1-2H3,(H,34,37,38)/t29-/m0/s1. The summed E-state index contributed by atoms with van der Waals surface area (Å²) >= 11 is 0. The van der Waals surface area contributed by atoms with E-state index in [-0.39, 0.29) is 24.5 Å². The summed E-state index contributed by atoms with van der Waals surface area (Å²) in [6.45, 7) is 7.08. The van der Waals surface area contributed by atoms with E-state index in [2.05, 4.69) is 17.2 Å². The van der Waals surface area contributed by atoms with Crippen LogP contribution < -0.4 is 15.0 Å². The highest BCUT2D eigenvalue weighted by atomic mass is 16.7. The van der Waals surface area contributed by atoms with Crippen LogP contribution in [0, 0.1) is 11.8 Å². The van der Waals surface area contributed by atoms with Crippen molar-refractivity contribution in [3.8, 4) is 17.6 Å². The average molecular weight is 590 g/mol. The zero-order chi connectivity index (χ0) is 30.2. The molecule has 0 saturated carbocycles. The second kappa shape index (κ2) is 13.9. The summed E-state index contributed by atoms with van der Waals surface area (Å²) in [5.74, 6) is 6.16.